The van der Waals surface area contributed by atoms with E-state index in [1.807, 2.05) is 38.6 Å². The Morgan fingerprint density at radius 2 is 2.07 bits per heavy atom. The molecular formula is C22H31N3O4. The number of amides is 1. The molecule has 3 heterocycles. The third-order valence-corrected chi connectivity index (χ3v) is 5.41. The van der Waals surface area contributed by atoms with Crippen LogP contribution < -0.4 is 4.74 Å². The van der Waals surface area contributed by atoms with Gasteiger partial charge in [0.15, 0.2) is 6.23 Å². The van der Waals surface area contributed by atoms with Gasteiger partial charge in [-0.25, -0.2) is 9.48 Å². The van der Waals surface area contributed by atoms with E-state index in [0.717, 1.165) is 54.5 Å². The van der Waals surface area contributed by atoms with Crippen molar-refractivity contribution < 1.29 is 19.0 Å². The molecule has 0 spiro atoms. The van der Waals surface area contributed by atoms with Crippen LogP contribution in [0.5, 0.6) is 5.75 Å². The zero-order valence-corrected chi connectivity index (χ0v) is 17.8. The molecule has 2 atom stereocenters. The van der Waals surface area contributed by atoms with Gasteiger partial charge < -0.3 is 19.1 Å². The predicted octanol–water partition coefficient (Wildman–Crippen LogP) is 4.43. The fraction of sp³-hybridized carbons (Fsp3) is 0.636. The molecule has 2 aromatic rings. The van der Waals surface area contributed by atoms with Gasteiger partial charge in [-0.2, -0.15) is 5.10 Å². The number of hydrogen-bond donors (Lipinski definition) is 0. The first-order chi connectivity index (χ1) is 13.8. The second-order valence-corrected chi connectivity index (χ2v) is 9.04. The molecule has 0 saturated carbocycles. The Morgan fingerprint density at radius 1 is 1.24 bits per heavy atom. The number of hydrogen-bond acceptors (Lipinski definition) is 5. The highest BCUT2D eigenvalue weighted by atomic mass is 16.6. The Hall–Kier alpha value is -2.28. The molecule has 0 N–H and O–H groups in total. The topological polar surface area (TPSA) is 65.8 Å². The quantitative estimate of drug-likeness (QED) is 0.761. The molecule has 0 aliphatic carbocycles. The standard InChI is InChI=1S/C22H31N3O4/c1-15-11-16-13-23-25(20-7-5-6-10-27-20)18(16)12-19(15)28-17-8-9-24(14-17)21(26)29-22(2,3)4/h11-13,17,20H,5-10,14H2,1-4H3/t17-,20-/m0/s1. The maximum Gasteiger partial charge on any atom is 0.410 e. The van der Waals surface area contributed by atoms with Crippen molar-refractivity contribution in [1.82, 2.24) is 14.7 Å². The van der Waals surface area contributed by atoms with E-state index in [9.17, 15) is 4.79 Å². The molecule has 7 nitrogen and oxygen atoms in total. The van der Waals surface area contributed by atoms with Gasteiger partial charge in [0.1, 0.15) is 17.5 Å². The summed E-state index contributed by atoms with van der Waals surface area (Å²) in [5.41, 5.74) is 1.61. The van der Waals surface area contributed by atoms with Crippen LogP contribution in [0.25, 0.3) is 10.9 Å². The largest absolute Gasteiger partial charge is 0.488 e. The number of ether oxygens (including phenoxy) is 3. The van der Waals surface area contributed by atoms with Gasteiger partial charge in [0, 0.05) is 31.0 Å². The summed E-state index contributed by atoms with van der Waals surface area (Å²) in [6, 6.07) is 4.17. The van der Waals surface area contributed by atoms with E-state index in [1.54, 1.807) is 4.90 Å². The second kappa shape index (κ2) is 7.86. The minimum Gasteiger partial charge on any atom is -0.488 e. The molecule has 2 saturated heterocycles. The number of rotatable bonds is 3. The zero-order chi connectivity index (χ0) is 20.6. The summed E-state index contributed by atoms with van der Waals surface area (Å²) >= 11 is 0. The van der Waals surface area contributed by atoms with Gasteiger partial charge in [0.2, 0.25) is 0 Å². The molecule has 2 aliphatic heterocycles. The van der Waals surface area contributed by atoms with Crippen LogP contribution in [0.3, 0.4) is 0 Å². The minimum absolute atomic E-state index is 0.00838. The van der Waals surface area contributed by atoms with Crippen molar-refractivity contribution in [2.24, 2.45) is 0 Å². The fourth-order valence-corrected chi connectivity index (χ4v) is 3.96. The molecular weight excluding hydrogens is 370 g/mol. The van der Waals surface area contributed by atoms with Crippen molar-refractivity contribution in [3.8, 4) is 5.75 Å². The van der Waals surface area contributed by atoms with Crippen molar-refractivity contribution >= 4 is 17.0 Å². The van der Waals surface area contributed by atoms with E-state index in [2.05, 4.69) is 17.2 Å². The highest BCUT2D eigenvalue weighted by Gasteiger charge is 2.31. The van der Waals surface area contributed by atoms with Crippen molar-refractivity contribution in [3.63, 3.8) is 0 Å². The van der Waals surface area contributed by atoms with E-state index in [0.29, 0.717) is 13.1 Å². The van der Waals surface area contributed by atoms with Crippen molar-refractivity contribution in [3.05, 3.63) is 23.9 Å². The zero-order valence-electron chi connectivity index (χ0n) is 17.8. The van der Waals surface area contributed by atoms with Crippen molar-refractivity contribution in [2.75, 3.05) is 19.7 Å². The molecule has 2 fully saturated rings. The molecule has 0 bridgehead atoms. The van der Waals surface area contributed by atoms with Crippen LogP contribution in [0.1, 0.15) is 58.2 Å². The fourth-order valence-electron chi connectivity index (χ4n) is 3.96. The molecule has 29 heavy (non-hydrogen) atoms. The minimum atomic E-state index is -0.489. The molecule has 2 aliphatic rings. The molecule has 4 rings (SSSR count). The van der Waals surface area contributed by atoms with E-state index < -0.39 is 5.60 Å². The summed E-state index contributed by atoms with van der Waals surface area (Å²) < 4.78 is 19.7. The number of benzene rings is 1. The first-order valence-electron chi connectivity index (χ1n) is 10.5. The number of nitrogens with zero attached hydrogens (tertiary/aromatic N) is 3. The second-order valence-electron chi connectivity index (χ2n) is 9.04. The molecule has 7 heteroatoms. The Morgan fingerprint density at radius 3 is 2.79 bits per heavy atom. The van der Waals surface area contributed by atoms with Crippen LogP contribution in [0, 0.1) is 6.92 Å². The van der Waals surface area contributed by atoms with Crippen LogP contribution >= 0.6 is 0 Å². The maximum atomic E-state index is 12.3. The third kappa shape index (κ3) is 4.50. The molecule has 0 radical (unpaired) electrons. The molecule has 1 amide bonds. The average molecular weight is 402 g/mol. The average Bonchev–Trinajstić information content (AvgIpc) is 3.28. The van der Waals surface area contributed by atoms with Crippen LogP contribution in [-0.4, -0.2) is 52.2 Å². The highest BCUT2D eigenvalue weighted by Crippen LogP contribution is 2.31. The smallest absolute Gasteiger partial charge is 0.410 e. The van der Waals surface area contributed by atoms with Crippen molar-refractivity contribution in [2.45, 2.75) is 71.3 Å². The lowest BCUT2D eigenvalue weighted by molar-refractivity contribution is -0.0366. The highest BCUT2D eigenvalue weighted by molar-refractivity contribution is 5.81. The van der Waals surface area contributed by atoms with Gasteiger partial charge in [0.05, 0.1) is 18.3 Å². The van der Waals surface area contributed by atoms with Gasteiger partial charge in [-0.3, -0.25) is 0 Å². The summed E-state index contributed by atoms with van der Waals surface area (Å²) in [6.45, 7) is 9.66. The van der Waals surface area contributed by atoms with E-state index >= 15 is 0 Å². The van der Waals surface area contributed by atoms with E-state index in [4.69, 9.17) is 14.2 Å². The lowest BCUT2D eigenvalue weighted by Gasteiger charge is -2.24. The van der Waals surface area contributed by atoms with Crippen LogP contribution in [0.4, 0.5) is 4.79 Å². The molecule has 1 aromatic heterocycles. The summed E-state index contributed by atoms with van der Waals surface area (Å²) in [7, 11) is 0. The number of fused-ring (bicyclic) bond motifs is 1. The lowest BCUT2D eigenvalue weighted by atomic mass is 10.1. The number of aromatic nitrogens is 2. The lowest BCUT2D eigenvalue weighted by Crippen LogP contribution is -2.36. The van der Waals surface area contributed by atoms with Crippen LogP contribution in [-0.2, 0) is 9.47 Å². The van der Waals surface area contributed by atoms with Crippen LogP contribution in [0.2, 0.25) is 0 Å². The van der Waals surface area contributed by atoms with Gasteiger partial charge in [0.25, 0.3) is 0 Å². The van der Waals surface area contributed by atoms with E-state index in [-0.39, 0.29) is 18.4 Å². The SMILES string of the molecule is Cc1cc2cnn([C@@H]3CCCCO3)c2cc1O[C@H]1CCN(C(=O)OC(C)(C)C)C1. The van der Waals surface area contributed by atoms with Crippen LogP contribution in [0.15, 0.2) is 18.3 Å². The van der Waals surface area contributed by atoms with Gasteiger partial charge in [-0.15, -0.1) is 0 Å². The predicted molar refractivity (Wildman–Crippen MR) is 110 cm³/mol. The first-order valence-corrected chi connectivity index (χ1v) is 10.5. The molecule has 0 unspecified atom stereocenters. The monoisotopic (exact) mass is 401 g/mol. The number of aryl methyl sites for hydroxylation is 1. The van der Waals surface area contributed by atoms with Gasteiger partial charge >= 0.3 is 6.09 Å². The summed E-state index contributed by atoms with van der Waals surface area (Å²) in [5.74, 6) is 0.839. The Bertz CT molecular complexity index is 880. The van der Waals surface area contributed by atoms with Gasteiger partial charge in [-0.05, 0) is 58.6 Å². The van der Waals surface area contributed by atoms with Crippen molar-refractivity contribution in [1.29, 1.82) is 0 Å². The third-order valence-electron chi connectivity index (χ3n) is 5.41. The first kappa shape index (κ1) is 20.0. The summed E-state index contributed by atoms with van der Waals surface area (Å²) in [4.78, 5) is 14.0. The number of carbonyl (C=O) groups excluding carboxylic acids is 1. The summed E-state index contributed by atoms with van der Waals surface area (Å²) in [5, 5.41) is 5.66. The maximum absolute atomic E-state index is 12.3. The van der Waals surface area contributed by atoms with E-state index in [1.165, 1.54) is 0 Å². The molecule has 1 aromatic carbocycles. The van der Waals surface area contributed by atoms with Gasteiger partial charge in [-0.1, -0.05) is 0 Å². The Balaban J connectivity index is 1.48. The Labute approximate surface area is 171 Å². The Kier molecular flexibility index (Phi) is 5.42. The molecule has 158 valence electrons. The number of carbonyl (C=O) groups is 1. The number of likely N-dealkylation sites (tertiary alicyclic amines) is 1. The normalized spacial score (nSPS) is 22.8. The summed E-state index contributed by atoms with van der Waals surface area (Å²) in [6.07, 6.45) is 5.61.